The third kappa shape index (κ3) is 2.68. The monoisotopic (exact) mass is 432 g/mol. The van der Waals surface area contributed by atoms with Gasteiger partial charge in [-0.1, -0.05) is 38.1 Å². The third-order valence-corrected chi connectivity index (χ3v) is 7.36. The molecule has 0 saturated heterocycles. The molecular formula is C30H28N2O. The van der Waals surface area contributed by atoms with Crippen LogP contribution in [0.1, 0.15) is 61.6 Å². The molecule has 3 nitrogen and oxygen atoms in total. The molecule has 0 saturated carbocycles. The van der Waals surface area contributed by atoms with Gasteiger partial charge in [0.15, 0.2) is 0 Å². The van der Waals surface area contributed by atoms with Gasteiger partial charge < -0.3 is 4.42 Å². The summed E-state index contributed by atoms with van der Waals surface area (Å²) < 4.78 is 6.78. The van der Waals surface area contributed by atoms with E-state index >= 15 is 0 Å². The fourth-order valence-electron chi connectivity index (χ4n) is 5.71. The summed E-state index contributed by atoms with van der Waals surface area (Å²) in [4.78, 5) is 9.62. The van der Waals surface area contributed by atoms with Crippen LogP contribution in [-0.2, 0) is 5.41 Å². The van der Waals surface area contributed by atoms with Crippen molar-refractivity contribution in [3.8, 4) is 22.4 Å². The number of rotatable bonds is 2. The first-order valence-electron chi connectivity index (χ1n) is 11.7. The largest absolute Gasteiger partial charge is 0.455 e. The van der Waals surface area contributed by atoms with Gasteiger partial charge in [0, 0.05) is 45.3 Å². The van der Waals surface area contributed by atoms with E-state index in [1.54, 1.807) is 0 Å². The van der Waals surface area contributed by atoms with Crippen molar-refractivity contribution in [2.45, 2.75) is 52.9 Å². The van der Waals surface area contributed by atoms with Crippen LogP contribution in [0, 0.1) is 13.8 Å². The third-order valence-electron chi connectivity index (χ3n) is 7.36. The van der Waals surface area contributed by atoms with E-state index in [-0.39, 0.29) is 5.41 Å². The molecule has 0 bridgehead atoms. The molecule has 1 aliphatic rings. The highest BCUT2D eigenvalue weighted by atomic mass is 16.3. The predicted octanol–water partition coefficient (Wildman–Crippen LogP) is 8.09. The zero-order valence-electron chi connectivity index (χ0n) is 20.1. The van der Waals surface area contributed by atoms with E-state index in [0.717, 1.165) is 38.9 Å². The zero-order valence-corrected chi connectivity index (χ0v) is 20.1. The van der Waals surface area contributed by atoms with Gasteiger partial charge in [-0.05, 0) is 74.1 Å². The van der Waals surface area contributed by atoms with Gasteiger partial charge >= 0.3 is 0 Å². The van der Waals surface area contributed by atoms with Gasteiger partial charge in [-0.3, -0.25) is 9.97 Å². The number of aromatic nitrogens is 2. The number of fused-ring (bicyclic) bond motifs is 7. The van der Waals surface area contributed by atoms with Crippen LogP contribution in [-0.4, -0.2) is 9.97 Å². The highest BCUT2D eigenvalue weighted by Crippen LogP contribution is 2.52. The molecule has 164 valence electrons. The molecule has 0 N–H and O–H groups in total. The van der Waals surface area contributed by atoms with Gasteiger partial charge in [0.25, 0.3) is 0 Å². The summed E-state index contributed by atoms with van der Waals surface area (Å²) in [5.74, 6) is 0.453. The lowest BCUT2D eigenvalue weighted by Gasteiger charge is -2.20. The smallest absolute Gasteiger partial charge is 0.145 e. The first-order valence-corrected chi connectivity index (χ1v) is 11.7. The maximum Gasteiger partial charge on any atom is 0.145 e. The first kappa shape index (κ1) is 20.2. The summed E-state index contributed by atoms with van der Waals surface area (Å²) in [6.07, 6.45) is 3.91. The van der Waals surface area contributed by atoms with Gasteiger partial charge in [0.2, 0.25) is 0 Å². The Morgan fingerprint density at radius 2 is 1.61 bits per heavy atom. The van der Waals surface area contributed by atoms with E-state index in [2.05, 4.69) is 77.9 Å². The molecule has 0 unspecified atom stereocenters. The van der Waals surface area contributed by atoms with Crippen molar-refractivity contribution >= 4 is 21.9 Å². The second kappa shape index (κ2) is 6.77. The molecule has 2 aromatic carbocycles. The lowest BCUT2D eigenvalue weighted by atomic mass is 9.84. The summed E-state index contributed by atoms with van der Waals surface area (Å²) in [6, 6.07) is 15.2. The molecule has 0 spiro atoms. The standard InChI is InChI=1S/C30H28N2O/c1-16(2)23-15-32-24(14-18(23)4)25-17(3)9-10-20-21-12-11-19-22-8-7-13-31-29(22)30(5,6)26(19)28(21)33-27(20)25/h7-16H,1-6H3. The van der Waals surface area contributed by atoms with Crippen molar-refractivity contribution in [3.05, 3.63) is 82.8 Å². The van der Waals surface area contributed by atoms with Crippen LogP contribution in [0.15, 0.2) is 59.3 Å². The van der Waals surface area contributed by atoms with Crippen molar-refractivity contribution in [2.75, 3.05) is 0 Å². The van der Waals surface area contributed by atoms with Crippen LogP contribution in [0.4, 0.5) is 0 Å². The number of aryl methyl sites for hydroxylation is 2. The molecule has 0 aliphatic heterocycles. The Morgan fingerprint density at radius 3 is 2.36 bits per heavy atom. The van der Waals surface area contributed by atoms with E-state index in [1.165, 1.54) is 33.4 Å². The van der Waals surface area contributed by atoms with Crippen LogP contribution >= 0.6 is 0 Å². The van der Waals surface area contributed by atoms with Gasteiger partial charge in [0.05, 0.1) is 11.4 Å². The molecule has 3 heteroatoms. The van der Waals surface area contributed by atoms with Crippen LogP contribution in [0.5, 0.6) is 0 Å². The fraction of sp³-hybridized carbons (Fsp3) is 0.267. The number of pyridine rings is 2. The van der Waals surface area contributed by atoms with Crippen molar-refractivity contribution in [3.63, 3.8) is 0 Å². The van der Waals surface area contributed by atoms with E-state index in [4.69, 9.17) is 14.4 Å². The Hall–Kier alpha value is -3.46. The van der Waals surface area contributed by atoms with Gasteiger partial charge in [-0.15, -0.1) is 0 Å². The summed E-state index contributed by atoms with van der Waals surface area (Å²) >= 11 is 0. The maximum atomic E-state index is 6.78. The minimum Gasteiger partial charge on any atom is -0.455 e. The molecule has 0 fully saturated rings. The fourth-order valence-corrected chi connectivity index (χ4v) is 5.71. The highest BCUT2D eigenvalue weighted by molar-refractivity contribution is 6.12. The second-order valence-corrected chi connectivity index (χ2v) is 10.2. The zero-order chi connectivity index (χ0) is 23.1. The van der Waals surface area contributed by atoms with Gasteiger partial charge in [-0.25, -0.2) is 0 Å². The second-order valence-electron chi connectivity index (χ2n) is 10.2. The summed E-state index contributed by atoms with van der Waals surface area (Å²) in [6.45, 7) is 13.2. The number of nitrogens with zero attached hydrogens (tertiary/aromatic N) is 2. The molecule has 1 aliphatic carbocycles. The molecule has 0 amide bonds. The topological polar surface area (TPSA) is 38.9 Å². The number of benzene rings is 2. The number of furan rings is 1. The van der Waals surface area contributed by atoms with Gasteiger partial charge in [-0.2, -0.15) is 0 Å². The van der Waals surface area contributed by atoms with Crippen molar-refractivity contribution in [1.82, 2.24) is 9.97 Å². The van der Waals surface area contributed by atoms with Crippen LogP contribution in [0.3, 0.4) is 0 Å². The Labute approximate surface area is 194 Å². The van der Waals surface area contributed by atoms with E-state index in [0.29, 0.717) is 5.92 Å². The van der Waals surface area contributed by atoms with Crippen molar-refractivity contribution in [2.24, 2.45) is 0 Å². The molecule has 6 rings (SSSR count). The van der Waals surface area contributed by atoms with Gasteiger partial charge in [0.1, 0.15) is 11.2 Å². The molecule has 0 atom stereocenters. The lowest BCUT2D eigenvalue weighted by Crippen LogP contribution is -2.16. The normalized spacial score (nSPS) is 14.3. The summed E-state index contributed by atoms with van der Waals surface area (Å²) in [5.41, 5.74) is 12.2. The molecule has 5 aromatic rings. The Morgan fingerprint density at radius 1 is 0.848 bits per heavy atom. The average Bonchev–Trinajstić information content (AvgIpc) is 3.26. The van der Waals surface area contributed by atoms with E-state index in [1.807, 2.05) is 18.5 Å². The minimum absolute atomic E-state index is 0.220. The maximum absolute atomic E-state index is 6.78. The van der Waals surface area contributed by atoms with Crippen LogP contribution in [0.25, 0.3) is 44.3 Å². The predicted molar refractivity (Wildman–Crippen MR) is 136 cm³/mol. The minimum atomic E-state index is -0.220. The van der Waals surface area contributed by atoms with E-state index < -0.39 is 0 Å². The molecule has 33 heavy (non-hydrogen) atoms. The Kier molecular flexibility index (Phi) is 4.14. The molecule has 3 aromatic heterocycles. The van der Waals surface area contributed by atoms with Crippen LogP contribution in [0.2, 0.25) is 0 Å². The van der Waals surface area contributed by atoms with Crippen molar-refractivity contribution < 1.29 is 4.42 Å². The Bertz CT molecular complexity index is 1590. The summed E-state index contributed by atoms with van der Waals surface area (Å²) in [5, 5.41) is 2.29. The molecule has 0 radical (unpaired) electrons. The number of hydrogen-bond acceptors (Lipinski definition) is 3. The first-order chi connectivity index (χ1) is 15.8. The molecular weight excluding hydrogens is 404 g/mol. The Balaban J connectivity index is 1.67. The lowest BCUT2D eigenvalue weighted by molar-refractivity contribution is 0.608. The summed E-state index contributed by atoms with van der Waals surface area (Å²) in [7, 11) is 0. The SMILES string of the molecule is Cc1cc(-c2c(C)ccc3c2oc2c4c(ccc23)-c2cccnc2C4(C)C)ncc1C(C)C. The quantitative estimate of drug-likeness (QED) is 0.283. The van der Waals surface area contributed by atoms with Crippen molar-refractivity contribution in [1.29, 1.82) is 0 Å². The number of hydrogen-bond donors (Lipinski definition) is 0. The average molecular weight is 433 g/mol. The van der Waals surface area contributed by atoms with E-state index in [9.17, 15) is 0 Å². The highest BCUT2D eigenvalue weighted by Gasteiger charge is 2.39. The molecule has 3 heterocycles. The van der Waals surface area contributed by atoms with Crippen LogP contribution < -0.4 is 0 Å².